The van der Waals surface area contributed by atoms with Crippen molar-refractivity contribution in [3.8, 4) is 0 Å². The first-order valence-corrected chi connectivity index (χ1v) is 11.7. The van der Waals surface area contributed by atoms with Crippen LogP contribution in [0.3, 0.4) is 0 Å². The van der Waals surface area contributed by atoms with Gasteiger partial charge >= 0.3 is 0 Å². The fraction of sp³-hybridized carbons (Fsp3) is 0.600. The minimum Gasteiger partial charge on any atom is -0.378 e. The van der Waals surface area contributed by atoms with Gasteiger partial charge in [-0.15, -0.1) is 0 Å². The molecule has 5 nitrogen and oxygen atoms in total. The molecule has 2 saturated heterocycles. The molecule has 30 heavy (non-hydrogen) atoms. The zero-order valence-corrected chi connectivity index (χ0v) is 18.8. The average Bonchev–Trinajstić information content (AvgIpc) is 2.80. The summed E-state index contributed by atoms with van der Waals surface area (Å²) in [4.78, 5) is 14.8. The van der Waals surface area contributed by atoms with Crippen molar-refractivity contribution in [2.45, 2.75) is 58.3 Å². The lowest BCUT2D eigenvalue weighted by Gasteiger charge is -2.31. The first-order chi connectivity index (χ1) is 14.6. The lowest BCUT2D eigenvalue weighted by atomic mass is 9.94. The molecule has 0 unspecified atom stereocenters. The third kappa shape index (κ3) is 4.77. The Morgan fingerprint density at radius 1 is 0.867 bits per heavy atom. The number of anilines is 2. The summed E-state index contributed by atoms with van der Waals surface area (Å²) in [6, 6.07) is 8.85. The fourth-order valence-electron chi connectivity index (χ4n) is 4.68. The molecule has 0 amide bonds. The highest BCUT2D eigenvalue weighted by Gasteiger charge is 2.22. The van der Waals surface area contributed by atoms with E-state index in [1.165, 1.54) is 41.9 Å². The van der Waals surface area contributed by atoms with Crippen LogP contribution in [-0.4, -0.2) is 49.4 Å². The van der Waals surface area contributed by atoms with Crippen molar-refractivity contribution in [2.75, 3.05) is 49.2 Å². The van der Waals surface area contributed by atoms with Gasteiger partial charge in [0.05, 0.1) is 13.2 Å². The highest BCUT2D eigenvalue weighted by atomic mass is 16.5. The van der Waals surface area contributed by atoms with Gasteiger partial charge in [0.2, 0.25) is 0 Å². The van der Waals surface area contributed by atoms with Crippen LogP contribution >= 0.6 is 0 Å². The van der Waals surface area contributed by atoms with Gasteiger partial charge in [-0.25, -0.2) is 9.97 Å². The predicted octanol–water partition coefficient (Wildman–Crippen LogP) is 4.77. The van der Waals surface area contributed by atoms with E-state index in [-0.39, 0.29) is 0 Å². The summed E-state index contributed by atoms with van der Waals surface area (Å²) in [5.74, 6) is 3.17. The molecule has 5 heteroatoms. The topological polar surface area (TPSA) is 41.5 Å². The van der Waals surface area contributed by atoms with E-state index >= 15 is 0 Å². The highest BCUT2D eigenvalue weighted by molar-refractivity contribution is 5.51. The van der Waals surface area contributed by atoms with Gasteiger partial charge in [-0.05, 0) is 60.8 Å². The molecule has 0 N–H and O–H groups in total. The molecule has 0 saturated carbocycles. The predicted molar refractivity (Wildman–Crippen MR) is 124 cm³/mol. The van der Waals surface area contributed by atoms with E-state index in [1.807, 2.05) is 6.20 Å². The number of rotatable bonds is 6. The molecule has 2 aliphatic rings. The zero-order chi connectivity index (χ0) is 20.9. The van der Waals surface area contributed by atoms with Crippen LogP contribution in [0.2, 0.25) is 0 Å². The van der Waals surface area contributed by atoms with Crippen molar-refractivity contribution in [1.29, 1.82) is 0 Å². The van der Waals surface area contributed by atoms with Crippen molar-refractivity contribution < 1.29 is 4.74 Å². The summed E-state index contributed by atoms with van der Waals surface area (Å²) in [5.41, 5.74) is 3.85. The van der Waals surface area contributed by atoms with Gasteiger partial charge in [0.15, 0.2) is 0 Å². The Morgan fingerprint density at radius 3 is 2.33 bits per heavy atom. The smallest absolute Gasteiger partial charge is 0.132 e. The van der Waals surface area contributed by atoms with Gasteiger partial charge in [-0.2, -0.15) is 0 Å². The van der Waals surface area contributed by atoms with E-state index in [1.54, 1.807) is 0 Å². The van der Waals surface area contributed by atoms with E-state index in [9.17, 15) is 0 Å². The van der Waals surface area contributed by atoms with Crippen LogP contribution in [0, 0.1) is 0 Å². The molecule has 0 aromatic carbocycles. The van der Waals surface area contributed by atoms with E-state index in [0.29, 0.717) is 11.8 Å². The second kappa shape index (κ2) is 9.78. The highest BCUT2D eigenvalue weighted by Crippen LogP contribution is 2.32. The Kier molecular flexibility index (Phi) is 6.88. The van der Waals surface area contributed by atoms with E-state index in [2.05, 4.69) is 54.8 Å². The minimum absolute atomic E-state index is 0.380. The van der Waals surface area contributed by atoms with Crippen molar-refractivity contribution in [3.63, 3.8) is 0 Å². The molecular weight excluding hydrogens is 372 g/mol. The van der Waals surface area contributed by atoms with Crippen molar-refractivity contribution >= 4 is 11.6 Å². The fourth-order valence-corrected chi connectivity index (χ4v) is 4.68. The number of nitrogens with zero attached hydrogens (tertiary/aromatic N) is 4. The number of piperidine rings is 1. The largest absolute Gasteiger partial charge is 0.378 e. The molecule has 4 heterocycles. The maximum Gasteiger partial charge on any atom is 0.132 e. The SMILES string of the molecule is CC(C)c1ccc(C[C@H](C)c2cccnc2N2CCCCC2)nc1N1CCOCC1. The Hall–Kier alpha value is -2.14. The van der Waals surface area contributed by atoms with Gasteiger partial charge in [0, 0.05) is 38.1 Å². The monoisotopic (exact) mass is 408 g/mol. The molecule has 0 bridgehead atoms. The maximum absolute atomic E-state index is 5.56. The minimum atomic E-state index is 0.380. The molecule has 2 fully saturated rings. The zero-order valence-electron chi connectivity index (χ0n) is 18.8. The molecule has 162 valence electrons. The van der Waals surface area contributed by atoms with E-state index in [0.717, 1.165) is 51.6 Å². The third-order valence-corrected chi connectivity index (χ3v) is 6.41. The van der Waals surface area contributed by atoms with Crippen molar-refractivity contribution in [3.05, 3.63) is 47.3 Å². The van der Waals surface area contributed by atoms with Crippen LogP contribution in [0.1, 0.15) is 68.7 Å². The summed E-state index contributed by atoms with van der Waals surface area (Å²) in [6.07, 6.45) is 6.75. The van der Waals surface area contributed by atoms with E-state index < -0.39 is 0 Å². The van der Waals surface area contributed by atoms with Gasteiger partial charge in [0.1, 0.15) is 11.6 Å². The normalized spacial score (nSPS) is 18.7. The molecule has 1 atom stereocenters. The van der Waals surface area contributed by atoms with Gasteiger partial charge < -0.3 is 14.5 Å². The van der Waals surface area contributed by atoms with Crippen molar-refractivity contribution in [1.82, 2.24) is 9.97 Å². The molecule has 0 aliphatic carbocycles. The summed E-state index contributed by atoms with van der Waals surface area (Å²) < 4.78 is 5.56. The van der Waals surface area contributed by atoms with Crippen LogP contribution in [0.25, 0.3) is 0 Å². The third-order valence-electron chi connectivity index (χ3n) is 6.41. The lowest BCUT2D eigenvalue weighted by molar-refractivity contribution is 0.122. The van der Waals surface area contributed by atoms with Crippen LogP contribution in [0.15, 0.2) is 30.5 Å². The second-order valence-corrected chi connectivity index (χ2v) is 9.04. The Labute approximate surface area is 181 Å². The first-order valence-electron chi connectivity index (χ1n) is 11.7. The Morgan fingerprint density at radius 2 is 1.60 bits per heavy atom. The Balaban J connectivity index is 1.57. The standard InChI is InChI=1S/C25H36N4O/c1-19(2)22-10-9-21(27-25(22)29-14-16-30-17-15-29)18-20(3)23-8-7-11-26-24(23)28-12-5-4-6-13-28/h7-11,19-20H,4-6,12-18H2,1-3H3/t20-/m0/s1. The summed E-state index contributed by atoms with van der Waals surface area (Å²) >= 11 is 0. The number of hydrogen-bond donors (Lipinski definition) is 0. The number of pyridine rings is 2. The number of aromatic nitrogens is 2. The van der Waals surface area contributed by atoms with E-state index in [4.69, 9.17) is 14.7 Å². The van der Waals surface area contributed by atoms with Gasteiger partial charge in [-0.3, -0.25) is 0 Å². The molecule has 0 spiro atoms. The average molecular weight is 409 g/mol. The van der Waals surface area contributed by atoms with Crippen LogP contribution < -0.4 is 9.80 Å². The van der Waals surface area contributed by atoms with Crippen LogP contribution in [0.5, 0.6) is 0 Å². The molecule has 2 aromatic heterocycles. The molecule has 4 rings (SSSR count). The number of morpholine rings is 1. The number of ether oxygens (including phenoxy) is 1. The summed E-state index contributed by atoms with van der Waals surface area (Å²) in [5, 5.41) is 0. The quantitative estimate of drug-likeness (QED) is 0.688. The summed E-state index contributed by atoms with van der Waals surface area (Å²) in [6.45, 7) is 12.5. The van der Waals surface area contributed by atoms with Crippen molar-refractivity contribution in [2.24, 2.45) is 0 Å². The number of hydrogen-bond acceptors (Lipinski definition) is 5. The van der Waals surface area contributed by atoms with Crippen LogP contribution in [0.4, 0.5) is 11.6 Å². The molecule has 2 aliphatic heterocycles. The summed E-state index contributed by atoms with van der Waals surface area (Å²) in [7, 11) is 0. The van der Waals surface area contributed by atoms with Gasteiger partial charge in [0.25, 0.3) is 0 Å². The molecule has 2 aromatic rings. The Bertz CT molecular complexity index is 826. The van der Waals surface area contributed by atoms with Crippen LogP contribution in [-0.2, 0) is 11.2 Å². The first kappa shape index (κ1) is 21.1. The van der Waals surface area contributed by atoms with Gasteiger partial charge in [-0.1, -0.05) is 32.9 Å². The lowest BCUT2D eigenvalue weighted by Crippen LogP contribution is -2.37. The molecular formula is C25H36N4O. The second-order valence-electron chi connectivity index (χ2n) is 9.04. The maximum atomic E-state index is 5.56. The molecule has 0 radical (unpaired) electrons.